The smallest absolute Gasteiger partial charge is 0.161 e. The van der Waals surface area contributed by atoms with Crippen molar-refractivity contribution in [3.8, 4) is 11.5 Å². The van der Waals surface area contributed by atoms with Gasteiger partial charge in [-0.05, 0) is 30.5 Å². The van der Waals surface area contributed by atoms with E-state index in [1.165, 1.54) is 5.57 Å². The highest BCUT2D eigenvalue weighted by molar-refractivity contribution is 5.58. The van der Waals surface area contributed by atoms with Gasteiger partial charge in [0, 0.05) is 12.6 Å². The monoisotopic (exact) mass is 291 g/mol. The number of ether oxygens (including phenoxy) is 2. The Morgan fingerprint density at radius 1 is 1.24 bits per heavy atom. The third kappa shape index (κ3) is 6.21. The normalized spacial score (nSPS) is 11.8. The lowest BCUT2D eigenvalue weighted by Gasteiger charge is -2.12. The maximum atomic E-state index is 5.76. The molecule has 0 radical (unpaired) electrons. The topological polar surface area (TPSA) is 30.5 Å². The lowest BCUT2D eigenvalue weighted by atomic mass is 10.1. The van der Waals surface area contributed by atoms with Crippen LogP contribution in [-0.4, -0.2) is 26.3 Å². The Balaban J connectivity index is 2.90. The average molecular weight is 291 g/mol. The van der Waals surface area contributed by atoms with E-state index in [0.29, 0.717) is 12.6 Å². The summed E-state index contributed by atoms with van der Waals surface area (Å²) in [6.07, 6.45) is 4.26. The molecular weight excluding hydrogens is 262 g/mol. The molecule has 0 spiro atoms. The van der Waals surface area contributed by atoms with Crippen LogP contribution in [0.2, 0.25) is 0 Å². The lowest BCUT2D eigenvalue weighted by molar-refractivity contribution is 0.294. The summed E-state index contributed by atoms with van der Waals surface area (Å²) in [5, 5.41) is 3.46. The molecule has 0 saturated carbocycles. The van der Waals surface area contributed by atoms with Gasteiger partial charge in [-0.15, -0.1) is 0 Å². The highest BCUT2D eigenvalue weighted by Crippen LogP contribution is 2.29. The maximum absolute atomic E-state index is 5.76. The van der Waals surface area contributed by atoms with Crippen molar-refractivity contribution in [2.75, 3.05) is 20.3 Å². The van der Waals surface area contributed by atoms with Crippen LogP contribution in [0.3, 0.4) is 0 Å². The molecule has 0 fully saturated rings. The van der Waals surface area contributed by atoms with Crippen molar-refractivity contribution in [1.82, 2.24) is 5.32 Å². The van der Waals surface area contributed by atoms with Gasteiger partial charge in [0.25, 0.3) is 0 Å². The van der Waals surface area contributed by atoms with Crippen LogP contribution in [0.1, 0.15) is 46.1 Å². The summed E-state index contributed by atoms with van der Waals surface area (Å²) >= 11 is 0. The number of hydrogen-bond acceptors (Lipinski definition) is 3. The van der Waals surface area contributed by atoms with Gasteiger partial charge < -0.3 is 14.8 Å². The minimum Gasteiger partial charge on any atom is -0.493 e. The summed E-state index contributed by atoms with van der Waals surface area (Å²) in [6, 6.07) is 6.60. The second-order valence-corrected chi connectivity index (χ2v) is 5.45. The summed E-state index contributed by atoms with van der Waals surface area (Å²) in [6.45, 7) is 10.2. The first kappa shape index (κ1) is 17.6. The van der Waals surface area contributed by atoms with Crippen molar-refractivity contribution < 1.29 is 9.47 Å². The zero-order valence-corrected chi connectivity index (χ0v) is 14.0. The van der Waals surface area contributed by atoms with Crippen molar-refractivity contribution >= 4 is 6.08 Å². The summed E-state index contributed by atoms with van der Waals surface area (Å²) in [7, 11) is 1.67. The third-order valence-corrected chi connectivity index (χ3v) is 3.21. The van der Waals surface area contributed by atoms with Crippen molar-refractivity contribution in [3.63, 3.8) is 0 Å². The summed E-state index contributed by atoms with van der Waals surface area (Å²) in [5.41, 5.74) is 2.54. The van der Waals surface area contributed by atoms with Crippen LogP contribution in [0.4, 0.5) is 0 Å². The quantitative estimate of drug-likeness (QED) is 0.737. The van der Waals surface area contributed by atoms with E-state index < -0.39 is 0 Å². The van der Waals surface area contributed by atoms with Gasteiger partial charge in [-0.1, -0.05) is 45.4 Å². The summed E-state index contributed by atoms with van der Waals surface area (Å²) < 4.78 is 11.1. The van der Waals surface area contributed by atoms with Gasteiger partial charge in [0.15, 0.2) is 11.5 Å². The molecule has 1 rings (SSSR count). The van der Waals surface area contributed by atoms with Crippen LogP contribution >= 0.6 is 0 Å². The number of hydrogen-bond donors (Lipinski definition) is 1. The fraction of sp³-hybridized carbons (Fsp3) is 0.556. The van der Waals surface area contributed by atoms with Crippen LogP contribution in [0.15, 0.2) is 23.8 Å². The largest absolute Gasteiger partial charge is 0.493 e. The third-order valence-electron chi connectivity index (χ3n) is 3.21. The summed E-state index contributed by atoms with van der Waals surface area (Å²) in [4.78, 5) is 0. The molecule has 3 heteroatoms. The molecule has 0 saturated heterocycles. The number of rotatable bonds is 9. The molecule has 0 aliphatic heterocycles. The van der Waals surface area contributed by atoms with E-state index in [1.807, 2.05) is 6.07 Å². The molecule has 0 aliphatic rings. The second kappa shape index (κ2) is 9.46. The molecule has 0 unspecified atom stereocenters. The highest BCUT2D eigenvalue weighted by Gasteiger charge is 2.05. The predicted molar refractivity (Wildman–Crippen MR) is 90.2 cm³/mol. The first-order valence-corrected chi connectivity index (χ1v) is 7.84. The Labute approximate surface area is 129 Å². The fourth-order valence-electron chi connectivity index (χ4n) is 1.96. The zero-order valence-electron chi connectivity index (χ0n) is 14.0. The Morgan fingerprint density at radius 3 is 2.57 bits per heavy atom. The predicted octanol–water partition coefficient (Wildman–Crippen LogP) is 4.28. The molecule has 1 aromatic rings. The molecule has 0 aromatic heterocycles. The average Bonchev–Trinajstić information content (AvgIpc) is 2.49. The maximum Gasteiger partial charge on any atom is 0.161 e. The van der Waals surface area contributed by atoms with E-state index in [1.54, 1.807) is 7.11 Å². The molecule has 0 amide bonds. The summed E-state index contributed by atoms with van der Waals surface area (Å²) in [5.74, 6) is 1.61. The molecule has 118 valence electrons. The lowest BCUT2D eigenvalue weighted by Crippen LogP contribution is -2.24. The SMILES string of the molecule is CCCOc1cc(C=C(CC)CNC(C)C)ccc1OC. The molecule has 3 nitrogen and oxygen atoms in total. The number of methoxy groups -OCH3 is 1. The van der Waals surface area contributed by atoms with Gasteiger partial charge >= 0.3 is 0 Å². The van der Waals surface area contributed by atoms with Gasteiger partial charge in [0.1, 0.15) is 0 Å². The van der Waals surface area contributed by atoms with Crippen LogP contribution in [0.25, 0.3) is 6.08 Å². The van der Waals surface area contributed by atoms with Crippen molar-refractivity contribution in [3.05, 3.63) is 29.3 Å². The minimum absolute atomic E-state index is 0.499. The molecule has 1 aromatic carbocycles. The van der Waals surface area contributed by atoms with Crippen molar-refractivity contribution in [2.24, 2.45) is 0 Å². The molecule has 21 heavy (non-hydrogen) atoms. The number of benzene rings is 1. The van der Waals surface area contributed by atoms with Gasteiger partial charge in [0.05, 0.1) is 13.7 Å². The Kier molecular flexibility index (Phi) is 7.91. The highest BCUT2D eigenvalue weighted by atomic mass is 16.5. The number of nitrogens with one attached hydrogen (secondary N) is 1. The zero-order chi connectivity index (χ0) is 15.7. The Morgan fingerprint density at radius 2 is 2.00 bits per heavy atom. The molecule has 0 atom stereocenters. The van der Waals surface area contributed by atoms with E-state index in [4.69, 9.17) is 9.47 Å². The van der Waals surface area contributed by atoms with Gasteiger partial charge in [-0.3, -0.25) is 0 Å². The van der Waals surface area contributed by atoms with E-state index >= 15 is 0 Å². The van der Waals surface area contributed by atoms with Crippen molar-refractivity contribution in [2.45, 2.75) is 46.6 Å². The second-order valence-electron chi connectivity index (χ2n) is 5.45. The van der Waals surface area contributed by atoms with E-state index in [9.17, 15) is 0 Å². The molecule has 0 bridgehead atoms. The van der Waals surface area contributed by atoms with Gasteiger partial charge in [0.2, 0.25) is 0 Å². The van der Waals surface area contributed by atoms with Crippen LogP contribution in [0, 0.1) is 0 Å². The van der Waals surface area contributed by atoms with Gasteiger partial charge in [-0.2, -0.15) is 0 Å². The minimum atomic E-state index is 0.499. The standard InChI is InChI=1S/C18H29NO2/c1-6-10-21-18-12-16(8-9-17(18)20-5)11-15(7-2)13-19-14(3)4/h8-9,11-12,14,19H,6-7,10,13H2,1-5H3. The van der Waals surface area contributed by atoms with Crippen molar-refractivity contribution in [1.29, 1.82) is 0 Å². The molecular formula is C18H29NO2. The Hall–Kier alpha value is -1.48. The van der Waals surface area contributed by atoms with Crippen LogP contribution in [0.5, 0.6) is 11.5 Å². The van der Waals surface area contributed by atoms with Gasteiger partial charge in [-0.25, -0.2) is 0 Å². The first-order chi connectivity index (χ1) is 10.1. The van der Waals surface area contributed by atoms with Crippen LogP contribution in [-0.2, 0) is 0 Å². The molecule has 0 heterocycles. The Bertz CT molecular complexity index is 453. The van der Waals surface area contributed by atoms with E-state index in [2.05, 4.69) is 51.2 Å². The molecule has 1 N–H and O–H groups in total. The molecule has 0 aliphatic carbocycles. The first-order valence-electron chi connectivity index (χ1n) is 7.84. The van der Waals surface area contributed by atoms with E-state index in [-0.39, 0.29) is 0 Å². The van der Waals surface area contributed by atoms with E-state index in [0.717, 1.165) is 36.4 Å². The van der Waals surface area contributed by atoms with Crippen LogP contribution < -0.4 is 14.8 Å². The fourth-order valence-corrected chi connectivity index (χ4v) is 1.96.